The SMILES string of the molecule is C[C@@H](O)c1cc(NC(=O)N2CCC([C@H](C)S(=O)(=O)c3cn(C)nc3C(F)F)CC2)ccn1. The number of aryl methyl sites for hydroxylation is 1. The minimum Gasteiger partial charge on any atom is -0.387 e. The van der Waals surface area contributed by atoms with Crippen molar-refractivity contribution in [2.24, 2.45) is 13.0 Å². The molecule has 2 aromatic heterocycles. The van der Waals surface area contributed by atoms with Crippen LogP contribution in [0.15, 0.2) is 29.4 Å². The molecule has 1 saturated heterocycles. The van der Waals surface area contributed by atoms with Crippen LogP contribution in [0, 0.1) is 5.92 Å². The van der Waals surface area contributed by atoms with Crippen LogP contribution in [0.4, 0.5) is 19.3 Å². The molecule has 2 aromatic rings. The second kappa shape index (κ2) is 9.49. The van der Waals surface area contributed by atoms with Crippen LogP contribution in [-0.2, 0) is 16.9 Å². The Bertz CT molecular complexity index is 1070. The Morgan fingerprint density at radius 3 is 2.53 bits per heavy atom. The predicted octanol–water partition coefficient (Wildman–Crippen LogP) is 2.91. The molecule has 0 radical (unpaired) electrons. The van der Waals surface area contributed by atoms with Gasteiger partial charge in [0.1, 0.15) is 10.6 Å². The van der Waals surface area contributed by atoms with Crippen molar-refractivity contribution in [2.75, 3.05) is 18.4 Å². The first-order chi connectivity index (χ1) is 15.0. The molecular formula is C20H27F2N5O4S. The number of sulfone groups is 1. The van der Waals surface area contributed by atoms with Crippen molar-refractivity contribution in [2.45, 2.75) is 49.4 Å². The van der Waals surface area contributed by atoms with E-state index in [0.717, 1.165) is 10.9 Å². The van der Waals surface area contributed by atoms with E-state index in [-0.39, 0.29) is 11.9 Å². The first-order valence-corrected chi connectivity index (χ1v) is 11.8. The van der Waals surface area contributed by atoms with Gasteiger partial charge in [0.2, 0.25) is 0 Å². The first kappa shape index (κ1) is 24.1. The lowest BCUT2D eigenvalue weighted by molar-refractivity contribution is 0.142. The number of alkyl halides is 2. The van der Waals surface area contributed by atoms with E-state index in [0.29, 0.717) is 37.3 Å². The quantitative estimate of drug-likeness (QED) is 0.669. The molecule has 0 bridgehead atoms. The highest BCUT2D eigenvalue weighted by Gasteiger charge is 2.37. The number of urea groups is 1. The molecule has 0 aliphatic carbocycles. The summed E-state index contributed by atoms with van der Waals surface area (Å²) in [5.41, 5.74) is 0.194. The minimum atomic E-state index is -4.01. The van der Waals surface area contributed by atoms with Crippen LogP contribution in [0.25, 0.3) is 0 Å². The number of aromatic nitrogens is 3. The van der Waals surface area contributed by atoms with Crippen molar-refractivity contribution in [1.82, 2.24) is 19.7 Å². The molecule has 1 aliphatic rings. The van der Waals surface area contributed by atoms with E-state index >= 15 is 0 Å². The fourth-order valence-corrected chi connectivity index (χ4v) is 5.74. The maximum atomic E-state index is 13.3. The standard InChI is InChI=1S/C20H27F2N5O4S/c1-12(28)16-10-15(4-7-23-16)24-20(29)27-8-5-14(6-9-27)13(2)32(30,31)17-11-26(3)25-18(17)19(21)22/h4,7,10-14,19,28H,5-6,8-9H2,1-3H3,(H,23,24,29)/t12-,13+/m1/s1. The third-order valence-corrected chi connectivity index (χ3v) is 8.07. The Kier molecular flexibility index (Phi) is 7.13. The molecule has 0 unspecified atom stereocenters. The summed E-state index contributed by atoms with van der Waals surface area (Å²) in [6.07, 6.45) is -0.298. The first-order valence-electron chi connectivity index (χ1n) is 10.3. The summed E-state index contributed by atoms with van der Waals surface area (Å²) in [5.74, 6) is -0.280. The molecule has 0 saturated carbocycles. The lowest BCUT2D eigenvalue weighted by Gasteiger charge is -2.34. The largest absolute Gasteiger partial charge is 0.387 e. The van der Waals surface area contributed by atoms with Gasteiger partial charge in [0.05, 0.1) is 17.0 Å². The Hall–Kier alpha value is -2.60. The highest BCUT2D eigenvalue weighted by atomic mass is 32.2. The molecule has 2 N–H and O–H groups in total. The minimum absolute atomic E-state index is 0.280. The van der Waals surface area contributed by atoms with Crippen molar-refractivity contribution in [3.8, 4) is 0 Å². The van der Waals surface area contributed by atoms with Gasteiger partial charge < -0.3 is 15.3 Å². The van der Waals surface area contributed by atoms with Crippen molar-refractivity contribution < 1.29 is 27.1 Å². The van der Waals surface area contributed by atoms with Gasteiger partial charge in [0.25, 0.3) is 6.43 Å². The van der Waals surface area contributed by atoms with Gasteiger partial charge in [-0.25, -0.2) is 22.0 Å². The van der Waals surface area contributed by atoms with E-state index in [1.54, 1.807) is 24.0 Å². The number of halogens is 2. The van der Waals surface area contributed by atoms with Crippen molar-refractivity contribution in [3.63, 3.8) is 0 Å². The highest BCUT2D eigenvalue weighted by Crippen LogP contribution is 2.33. The molecule has 32 heavy (non-hydrogen) atoms. The van der Waals surface area contributed by atoms with Crippen LogP contribution >= 0.6 is 0 Å². The van der Waals surface area contributed by atoms with Gasteiger partial charge >= 0.3 is 6.03 Å². The molecule has 1 aliphatic heterocycles. The molecule has 9 nitrogen and oxygen atoms in total. The van der Waals surface area contributed by atoms with Crippen LogP contribution in [0.1, 0.15) is 50.6 Å². The summed E-state index contributed by atoms with van der Waals surface area (Å²) in [4.78, 5) is 17.8. The fraction of sp³-hybridized carbons (Fsp3) is 0.550. The van der Waals surface area contributed by atoms with Gasteiger partial charge in [-0.15, -0.1) is 0 Å². The maximum Gasteiger partial charge on any atom is 0.321 e. The van der Waals surface area contributed by atoms with E-state index in [4.69, 9.17) is 0 Å². The Morgan fingerprint density at radius 2 is 1.94 bits per heavy atom. The second-order valence-electron chi connectivity index (χ2n) is 8.00. The number of nitrogens with one attached hydrogen (secondary N) is 1. The predicted molar refractivity (Wildman–Crippen MR) is 113 cm³/mol. The number of aliphatic hydroxyl groups is 1. The topological polar surface area (TPSA) is 117 Å². The smallest absolute Gasteiger partial charge is 0.321 e. The molecule has 1 fully saturated rings. The third kappa shape index (κ3) is 5.07. The normalized spacial score (nSPS) is 17.4. The molecule has 0 spiro atoms. The zero-order valence-corrected chi connectivity index (χ0v) is 18.9. The highest BCUT2D eigenvalue weighted by molar-refractivity contribution is 7.92. The van der Waals surface area contributed by atoms with Gasteiger partial charge in [-0.1, -0.05) is 0 Å². The number of hydrogen-bond donors (Lipinski definition) is 2. The van der Waals surface area contributed by atoms with Crippen molar-refractivity contribution in [1.29, 1.82) is 0 Å². The number of carbonyl (C=O) groups is 1. The summed E-state index contributed by atoms with van der Waals surface area (Å²) in [6.45, 7) is 3.76. The Balaban J connectivity index is 1.64. The molecule has 0 aromatic carbocycles. The molecule has 2 amide bonds. The molecule has 3 heterocycles. The average Bonchev–Trinajstić information content (AvgIpc) is 3.16. The lowest BCUT2D eigenvalue weighted by atomic mass is 9.94. The number of amides is 2. The van der Waals surface area contributed by atoms with Gasteiger partial charge in [-0.05, 0) is 44.7 Å². The van der Waals surface area contributed by atoms with E-state index in [9.17, 15) is 27.1 Å². The number of likely N-dealkylation sites (tertiary alicyclic amines) is 1. The molecule has 12 heteroatoms. The Labute approximate surface area is 185 Å². The van der Waals surface area contributed by atoms with Crippen LogP contribution in [0.2, 0.25) is 0 Å². The van der Waals surface area contributed by atoms with E-state index in [1.165, 1.54) is 20.2 Å². The van der Waals surface area contributed by atoms with Gasteiger partial charge in [-0.2, -0.15) is 5.10 Å². The third-order valence-electron chi connectivity index (χ3n) is 5.78. The van der Waals surface area contributed by atoms with Crippen LogP contribution in [0.5, 0.6) is 0 Å². The van der Waals surface area contributed by atoms with Crippen LogP contribution < -0.4 is 5.32 Å². The number of pyridine rings is 1. The summed E-state index contributed by atoms with van der Waals surface area (Å²) in [7, 11) is -2.60. The number of aliphatic hydroxyl groups excluding tert-OH is 1. The summed E-state index contributed by atoms with van der Waals surface area (Å²) < 4.78 is 53.6. The van der Waals surface area contributed by atoms with Crippen LogP contribution in [-0.4, -0.2) is 57.6 Å². The number of rotatable bonds is 6. The van der Waals surface area contributed by atoms with Gasteiger partial charge in [0, 0.05) is 38.2 Å². The average molecular weight is 472 g/mol. The molecule has 3 rings (SSSR count). The zero-order chi connectivity index (χ0) is 23.6. The fourth-order valence-electron chi connectivity index (χ4n) is 3.84. The maximum absolute atomic E-state index is 13.3. The van der Waals surface area contributed by atoms with E-state index in [1.807, 2.05) is 0 Å². The number of anilines is 1. The van der Waals surface area contributed by atoms with Crippen molar-refractivity contribution in [3.05, 3.63) is 35.9 Å². The number of hydrogen-bond acceptors (Lipinski definition) is 6. The van der Waals surface area contributed by atoms with Crippen molar-refractivity contribution >= 4 is 21.6 Å². The summed E-state index contributed by atoms with van der Waals surface area (Å²) in [6, 6.07) is 2.85. The number of nitrogens with zero attached hydrogens (tertiary/aromatic N) is 4. The number of piperidine rings is 1. The second-order valence-corrected chi connectivity index (χ2v) is 10.3. The van der Waals surface area contributed by atoms with Gasteiger partial charge in [0.15, 0.2) is 9.84 Å². The Morgan fingerprint density at radius 1 is 1.28 bits per heavy atom. The zero-order valence-electron chi connectivity index (χ0n) is 18.1. The lowest BCUT2D eigenvalue weighted by Crippen LogP contribution is -2.44. The number of carbonyl (C=O) groups excluding carboxylic acids is 1. The summed E-state index contributed by atoms with van der Waals surface area (Å²) >= 11 is 0. The van der Waals surface area contributed by atoms with E-state index < -0.39 is 38.2 Å². The van der Waals surface area contributed by atoms with Crippen LogP contribution in [0.3, 0.4) is 0 Å². The summed E-state index contributed by atoms with van der Waals surface area (Å²) in [5, 5.41) is 15.1. The monoisotopic (exact) mass is 471 g/mol. The molecule has 176 valence electrons. The molecular weight excluding hydrogens is 444 g/mol. The van der Waals surface area contributed by atoms with E-state index in [2.05, 4.69) is 15.4 Å². The molecule has 2 atom stereocenters. The van der Waals surface area contributed by atoms with Gasteiger partial charge in [-0.3, -0.25) is 9.67 Å².